The summed E-state index contributed by atoms with van der Waals surface area (Å²) in [5.74, 6) is 0. The zero-order valence-corrected chi connectivity index (χ0v) is 14.1. The van der Waals surface area contributed by atoms with E-state index < -0.39 is 5.60 Å². The first kappa shape index (κ1) is 16.8. The van der Waals surface area contributed by atoms with Gasteiger partial charge in [-0.2, -0.15) is 0 Å². The molecule has 0 aromatic heterocycles. The maximum absolute atomic E-state index is 11.4. The number of benzene rings is 1. The number of carbonyl (C=O) groups is 1. The Morgan fingerprint density at radius 3 is 2.75 bits per heavy atom. The Labute approximate surface area is 129 Å². The average Bonchev–Trinajstić information content (AvgIpc) is 2.30. The second kappa shape index (κ2) is 7.48. The third-order valence-electron chi connectivity index (χ3n) is 2.43. The molecular weight excluding hydrogens is 318 g/mol. The number of rotatable bonds is 4. The van der Waals surface area contributed by atoms with Crippen LogP contribution in [0.2, 0.25) is 0 Å². The smallest absolute Gasteiger partial charge is 0.407 e. The van der Waals surface area contributed by atoms with Crippen LogP contribution in [0, 0.1) is 6.92 Å². The first-order valence-electron chi connectivity index (χ1n) is 6.67. The standard InChI is InChI=1S/C16H22BrNO2/c1-12-8-9-14(17)13(11-12)7-5-6-10-18-15(19)20-16(2,3)4/h5,7-9,11H,6,10H2,1-4H3,(H,18,19). The Kier molecular flexibility index (Phi) is 6.27. The molecule has 110 valence electrons. The lowest BCUT2D eigenvalue weighted by molar-refractivity contribution is 0.0529. The molecule has 0 fully saturated rings. The fourth-order valence-corrected chi connectivity index (χ4v) is 1.95. The summed E-state index contributed by atoms with van der Waals surface area (Å²) in [6.07, 6.45) is 4.48. The molecule has 3 nitrogen and oxygen atoms in total. The number of hydrogen-bond acceptors (Lipinski definition) is 2. The van der Waals surface area contributed by atoms with Crippen molar-refractivity contribution in [3.8, 4) is 0 Å². The van der Waals surface area contributed by atoms with Crippen LogP contribution in [0.25, 0.3) is 6.08 Å². The molecule has 0 aliphatic heterocycles. The van der Waals surface area contributed by atoms with E-state index >= 15 is 0 Å². The van der Waals surface area contributed by atoms with Crippen LogP contribution < -0.4 is 5.32 Å². The molecule has 0 atom stereocenters. The zero-order chi connectivity index (χ0) is 15.2. The van der Waals surface area contributed by atoms with Crippen molar-refractivity contribution in [1.29, 1.82) is 0 Å². The number of hydrogen-bond donors (Lipinski definition) is 1. The molecule has 1 N–H and O–H groups in total. The third-order valence-corrected chi connectivity index (χ3v) is 3.15. The van der Waals surface area contributed by atoms with Gasteiger partial charge < -0.3 is 10.1 Å². The quantitative estimate of drug-likeness (QED) is 0.808. The molecule has 0 saturated heterocycles. The Morgan fingerprint density at radius 2 is 2.10 bits per heavy atom. The summed E-state index contributed by atoms with van der Waals surface area (Å²) in [5.41, 5.74) is 1.91. The highest BCUT2D eigenvalue weighted by molar-refractivity contribution is 9.10. The minimum absolute atomic E-state index is 0.373. The maximum atomic E-state index is 11.4. The van der Waals surface area contributed by atoms with Gasteiger partial charge in [-0.15, -0.1) is 0 Å². The molecule has 0 aliphatic rings. The molecule has 0 heterocycles. The van der Waals surface area contributed by atoms with E-state index in [0.717, 1.165) is 16.5 Å². The second-order valence-corrected chi connectivity index (χ2v) is 6.50. The van der Waals surface area contributed by atoms with E-state index in [9.17, 15) is 4.79 Å². The fraction of sp³-hybridized carbons (Fsp3) is 0.438. The number of nitrogens with one attached hydrogen (secondary N) is 1. The first-order chi connectivity index (χ1) is 9.28. The minimum Gasteiger partial charge on any atom is -0.444 e. The number of carbonyl (C=O) groups excluding carboxylic acids is 1. The van der Waals surface area contributed by atoms with Gasteiger partial charge in [-0.25, -0.2) is 4.79 Å². The predicted molar refractivity (Wildman–Crippen MR) is 86.8 cm³/mol. The van der Waals surface area contributed by atoms with Gasteiger partial charge in [-0.1, -0.05) is 45.8 Å². The van der Waals surface area contributed by atoms with Crippen LogP contribution in [0.1, 0.15) is 38.3 Å². The number of alkyl carbamates (subject to hydrolysis) is 1. The molecular formula is C16H22BrNO2. The molecule has 0 radical (unpaired) electrons. The Bertz CT molecular complexity index is 490. The Morgan fingerprint density at radius 1 is 1.40 bits per heavy atom. The van der Waals surface area contributed by atoms with Crippen LogP contribution in [0.3, 0.4) is 0 Å². The van der Waals surface area contributed by atoms with Gasteiger partial charge in [-0.05, 0) is 45.7 Å². The van der Waals surface area contributed by atoms with Crippen LogP contribution in [0.4, 0.5) is 4.79 Å². The van der Waals surface area contributed by atoms with Crippen molar-refractivity contribution in [3.63, 3.8) is 0 Å². The molecule has 0 aliphatic carbocycles. The van der Waals surface area contributed by atoms with Crippen molar-refractivity contribution in [2.75, 3.05) is 6.54 Å². The van der Waals surface area contributed by atoms with E-state index in [-0.39, 0.29) is 6.09 Å². The van der Waals surface area contributed by atoms with Crippen LogP contribution in [0.15, 0.2) is 28.7 Å². The second-order valence-electron chi connectivity index (χ2n) is 5.64. The highest BCUT2D eigenvalue weighted by Crippen LogP contribution is 2.19. The van der Waals surface area contributed by atoms with Crippen molar-refractivity contribution in [2.24, 2.45) is 0 Å². The zero-order valence-electron chi connectivity index (χ0n) is 12.5. The number of halogens is 1. The van der Waals surface area contributed by atoms with Gasteiger partial charge in [0.15, 0.2) is 0 Å². The van der Waals surface area contributed by atoms with E-state index in [1.54, 1.807) is 0 Å². The summed E-state index contributed by atoms with van der Waals surface area (Å²) >= 11 is 3.51. The number of amides is 1. The van der Waals surface area contributed by atoms with E-state index in [1.165, 1.54) is 5.56 Å². The lowest BCUT2D eigenvalue weighted by Crippen LogP contribution is -2.32. The van der Waals surface area contributed by atoms with E-state index in [1.807, 2.05) is 39.0 Å². The van der Waals surface area contributed by atoms with Gasteiger partial charge in [0.05, 0.1) is 0 Å². The average molecular weight is 340 g/mol. The maximum Gasteiger partial charge on any atom is 0.407 e. The van der Waals surface area contributed by atoms with Gasteiger partial charge in [0.25, 0.3) is 0 Å². The fourth-order valence-electron chi connectivity index (χ4n) is 1.57. The topological polar surface area (TPSA) is 38.3 Å². The van der Waals surface area contributed by atoms with Crippen LogP contribution in [-0.2, 0) is 4.74 Å². The van der Waals surface area contributed by atoms with Crippen molar-refractivity contribution in [1.82, 2.24) is 5.32 Å². The van der Waals surface area contributed by atoms with Gasteiger partial charge >= 0.3 is 6.09 Å². The first-order valence-corrected chi connectivity index (χ1v) is 7.47. The van der Waals surface area contributed by atoms with Crippen LogP contribution in [0.5, 0.6) is 0 Å². The summed E-state index contributed by atoms with van der Waals surface area (Å²) in [6.45, 7) is 8.17. The predicted octanol–water partition coefficient (Wildman–Crippen LogP) is 4.69. The summed E-state index contributed by atoms with van der Waals surface area (Å²) in [4.78, 5) is 11.4. The monoisotopic (exact) mass is 339 g/mol. The van der Waals surface area contributed by atoms with Gasteiger partial charge in [0.2, 0.25) is 0 Å². The normalized spacial score (nSPS) is 11.7. The SMILES string of the molecule is Cc1ccc(Br)c(C=CCCNC(=O)OC(C)(C)C)c1. The third kappa shape index (κ3) is 6.75. The molecule has 0 saturated carbocycles. The summed E-state index contributed by atoms with van der Waals surface area (Å²) in [5, 5.41) is 2.73. The van der Waals surface area contributed by atoms with Crippen molar-refractivity contribution < 1.29 is 9.53 Å². The molecule has 4 heteroatoms. The van der Waals surface area contributed by atoms with Crippen molar-refractivity contribution >= 4 is 28.1 Å². The van der Waals surface area contributed by atoms with E-state index in [2.05, 4.69) is 40.3 Å². The molecule has 1 aromatic rings. The molecule has 20 heavy (non-hydrogen) atoms. The Balaban J connectivity index is 2.36. The number of ether oxygens (including phenoxy) is 1. The highest BCUT2D eigenvalue weighted by Gasteiger charge is 2.15. The van der Waals surface area contributed by atoms with Gasteiger partial charge in [0, 0.05) is 11.0 Å². The van der Waals surface area contributed by atoms with Crippen LogP contribution in [-0.4, -0.2) is 18.2 Å². The molecule has 0 unspecified atom stereocenters. The number of aryl methyl sites for hydroxylation is 1. The summed E-state index contributed by atoms with van der Waals surface area (Å²) in [6, 6.07) is 6.21. The molecule has 0 spiro atoms. The molecule has 1 aromatic carbocycles. The van der Waals surface area contributed by atoms with Crippen LogP contribution >= 0.6 is 15.9 Å². The largest absolute Gasteiger partial charge is 0.444 e. The van der Waals surface area contributed by atoms with Crippen molar-refractivity contribution in [3.05, 3.63) is 39.9 Å². The van der Waals surface area contributed by atoms with Crippen molar-refractivity contribution in [2.45, 2.75) is 39.7 Å². The van der Waals surface area contributed by atoms with Gasteiger partial charge in [0.1, 0.15) is 5.60 Å². The summed E-state index contributed by atoms with van der Waals surface area (Å²) < 4.78 is 6.22. The summed E-state index contributed by atoms with van der Waals surface area (Å²) in [7, 11) is 0. The van der Waals surface area contributed by atoms with Gasteiger partial charge in [-0.3, -0.25) is 0 Å². The molecule has 1 rings (SSSR count). The highest BCUT2D eigenvalue weighted by atomic mass is 79.9. The lowest BCUT2D eigenvalue weighted by atomic mass is 10.1. The molecule has 0 bridgehead atoms. The molecule has 1 amide bonds. The Hall–Kier alpha value is -1.29. The minimum atomic E-state index is -0.452. The van der Waals surface area contributed by atoms with E-state index in [0.29, 0.717) is 6.54 Å². The lowest BCUT2D eigenvalue weighted by Gasteiger charge is -2.19. The van der Waals surface area contributed by atoms with E-state index in [4.69, 9.17) is 4.74 Å².